The summed E-state index contributed by atoms with van der Waals surface area (Å²) < 4.78 is 52.7. The highest BCUT2D eigenvalue weighted by molar-refractivity contribution is 7.47. The van der Waals surface area contributed by atoms with Crippen LogP contribution in [0.15, 0.2) is 48.6 Å². The van der Waals surface area contributed by atoms with Gasteiger partial charge in [-0.25, -0.2) is 9.13 Å². The average Bonchev–Trinajstić information content (AvgIpc) is 3.19. The van der Waals surface area contributed by atoms with Crippen LogP contribution in [-0.4, -0.2) is 95.0 Å². The summed E-state index contributed by atoms with van der Waals surface area (Å²) in [5, 5.41) is 29.9. The molecule has 5 atom stereocenters. The normalized spacial score (nSPS) is 15.9. The predicted molar refractivity (Wildman–Crippen MR) is 224 cm³/mol. The van der Waals surface area contributed by atoms with E-state index in [-0.39, 0.29) is 12.8 Å². The molecule has 0 aliphatic rings. The zero-order valence-corrected chi connectivity index (χ0v) is 36.7. The third-order valence-electron chi connectivity index (χ3n) is 8.39. The maximum absolute atomic E-state index is 12.1. The van der Waals surface area contributed by atoms with Crippen molar-refractivity contribution < 1.29 is 71.4 Å². The van der Waals surface area contributed by atoms with Crippen LogP contribution in [0.5, 0.6) is 0 Å². The molecule has 0 saturated heterocycles. The Labute approximate surface area is 347 Å². The molecule has 0 radical (unpaired) electrons. The second kappa shape index (κ2) is 38.0. The lowest BCUT2D eigenvalue weighted by atomic mass is 10.0. The summed E-state index contributed by atoms with van der Waals surface area (Å²) in [5.41, 5.74) is 0. The zero-order valence-electron chi connectivity index (χ0n) is 34.9. The summed E-state index contributed by atoms with van der Waals surface area (Å²) in [7, 11) is -9.57. The fourth-order valence-electron chi connectivity index (χ4n) is 5.10. The lowest BCUT2D eigenvalue weighted by Gasteiger charge is -2.19. The molecule has 0 aliphatic heterocycles. The summed E-state index contributed by atoms with van der Waals surface area (Å²) >= 11 is 0. The Morgan fingerprint density at radius 2 is 0.793 bits per heavy atom. The Kier molecular flexibility index (Phi) is 36.7. The molecule has 0 rings (SSSR count). The smallest absolute Gasteiger partial charge is 0.463 e. The van der Waals surface area contributed by atoms with E-state index in [1.807, 2.05) is 42.5 Å². The van der Waals surface area contributed by atoms with Crippen molar-refractivity contribution in [3.63, 3.8) is 0 Å². The van der Waals surface area contributed by atoms with Crippen molar-refractivity contribution >= 4 is 27.6 Å². The Morgan fingerprint density at radius 3 is 1.19 bits per heavy atom. The molecule has 17 heteroatoms. The number of unbranched alkanes of at least 4 members (excludes halogenated alkanes) is 15. The highest BCUT2D eigenvalue weighted by Gasteiger charge is 2.28. The third kappa shape index (κ3) is 39.5. The van der Waals surface area contributed by atoms with Crippen molar-refractivity contribution in [1.82, 2.24) is 0 Å². The zero-order chi connectivity index (χ0) is 43.2. The number of aliphatic hydroxyl groups excluding tert-OH is 3. The molecular weight excluding hydrogens is 794 g/mol. The molecular formula is C41H74O15P2. The van der Waals surface area contributed by atoms with Crippen molar-refractivity contribution in [2.45, 2.75) is 161 Å². The molecule has 15 nitrogen and oxygen atoms in total. The number of rotatable bonds is 40. The van der Waals surface area contributed by atoms with Gasteiger partial charge in [0.05, 0.1) is 26.4 Å². The Balaban J connectivity index is 3.98. The number of carbonyl (C=O) groups excluding carboxylic acids is 2. The summed E-state index contributed by atoms with van der Waals surface area (Å²) in [5.74, 6) is -1.03. The molecule has 0 heterocycles. The van der Waals surface area contributed by atoms with E-state index in [2.05, 4.69) is 38.0 Å². The molecule has 0 spiro atoms. The molecule has 338 valence electrons. The van der Waals surface area contributed by atoms with Crippen LogP contribution < -0.4 is 0 Å². The fraction of sp³-hybridized carbons (Fsp3) is 0.756. The highest BCUT2D eigenvalue weighted by atomic mass is 31.2. The van der Waals surface area contributed by atoms with Gasteiger partial charge in [-0.05, 0) is 32.1 Å². The first-order valence-electron chi connectivity index (χ1n) is 21.0. The summed E-state index contributed by atoms with van der Waals surface area (Å²) in [6.45, 7) is 0.201. The number of esters is 2. The monoisotopic (exact) mass is 868 g/mol. The lowest BCUT2D eigenvalue weighted by Crippen LogP contribution is -2.25. The van der Waals surface area contributed by atoms with E-state index < -0.39 is 85.5 Å². The van der Waals surface area contributed by atoms with Gasteiger partial charge in [0.1, 0.15) is 31.5 Å². The minimum Gasteiger partial charge on any atom is -0.463 e. The molecule has 0 bridgehead atoms. The van der Waals surface area contributed by atoms with E-state index in [0.29, 0.717) is 12.8 Å². The number of hydrogen-bond acceptors (Lipinski definition) is 13. The van der Waals surface area contributed by atoms with Crippen molar-refractivity contribution in [1.29, 1.82) is 0 Å². The molecule has 5 unspecified atom stereocenters. The van der Waals surface area contributed by atoms with Gasteiger partial charge in [-0.1, -0.05) is 146 Å². The summed E-state index contributed by atoms with van der Waals surface area (Å²) in [6, 6.07) is 0. The van der Waals surface area contributed by atoms with Gasteiger partial charge in [0.2, 0.25) is 0 Å². The lowest BCUT2D eigenvalue weighted by molar-refractivity contribution is -0.148. The largest absolute Gasteiger partial charge is 0.472 e. The number of allylic oxidation sites excluding steroid dienone is 8. The van der Waals surface area contributed by atoms with Crippen LogP contribution in [0.2, 0.25) is 0 Å². The van der Waals surface area contributed by atoms with Gasteiger partial charge in [-0.3, -0.25) is 27.7 Å². The first-order chi connectivity index (χ1) is 27.8. The second-order valence-electron chi connectivity index (χ2n) is 14.1. The number of phosphoric acid groups is 2. The summed E-state index contributed by atoms with van der Waals surface area (Å²) in [6.07, 6.45) is 31.2. The van der Waals surface area contributed by atoms with Crippen molar-refractivity contribution in [3.05, 3.63) is 48.6 Å². The van der Waals surface area contributed by atoms with Crippen LogP contribution in [0.4, 0.5) is 0 Å². The van der Waals surface area contributed by atoms with Crippen LogP contribution >= 0.6 is 15.6 Å². The van der Waals surface area contributed by atoms with E-state index in [0.717, 1.165) is 44.9 Å². The standard InChI is InChI=1S/C41H74O15P2/c1-3-5-7-9-11-13-15-17-19-21-23-25-27-29-40(45)51-31-37(42)33-53-57(47,48)55-35-39(44)36-56-58(49,50)54-34-38(43)32-52-41(46)30-28-26-24-22-20-18-16-14-12-10-8-6-4-2/h5,7,9,11,13,15,17,19,37-39,42-44H,3-4,6,8,10,12,14,16,18,20-36H2,1-2H3,(H,47,48)(H,49,50)/b7-5+,11-9+,15-13-,19-17-. The van der Waals surface area contributed by atoms with Crippen LogP contribution in [0, 0.1) is 0 Å². The van der Waals surface area contributed by atoms with Gasteiger partial charge in [-0.15, -0.1) is 0 Å². The van der Waals surface area contributed by atoms with Crippen LogP contribution in [0.3, 0.4) is 0 Å². The third-order valence-corrected chi connectivity index (χ3v) is 10.3. The fourth-order valence-corrected chi connectivity index (χ4v) is 6.69. The number of hydrogen-bond donors (Lipinski definition) is 5. The maximum atomic E-state index is 12.1. The average molecular weight is 869 g/mol. The van der Waals surface area contributed by atoms with Crippen molar-refractivity contribution in [2.75, 3.05) is 39.6 Å². The maximum Gasteiger partial charge on any atom is 0.472 e. The Hall–Kier alpha value is -2.00. The quantitative estimate of drug-likeness (QED) is 0.0168. The Bertz CT molecular complexity index is 1240. The van der Waals surface area contributed by atoms with Crippen molar-refractivity contribution in [3.8, 4) is 0 Å². The first kappa shape index (κ1) is 56.0. The highest BCUT2D eigenvalue weighted by Crippen LogP contribution is 2.45. The molecule has 0 fully saturated rings. The van der Waals surface area contributed by atoms with E-state index in [1.54, 1.807) is 0 Å². The first-order valence-corrected chi connectivity index (χ1v) is 24.0. The number of aliphatic hydroxyl groups is 3. The summed E-state index contributed by atoms with van der Waals surface area (Å²) in [4.78, 5) is 43.5. The molecule has 0 aromatic rings. The molecule has 0 aromatic carbocycles. The molecule has 0 saturated carbocycles. The minimum atomic E-state index is -4.79. The van der Waals surface area contributed by atoms with Gasteiger partial charge in [0.25, 0.3) is 0 Å². The number of ether oxygens (including phenoxy) is 2. The number of carbonyl (C=O) groups is 2. The van der Waals surface area contributed by atoms with Crippen LogP contribution in [-0.2, 0) is 46.3 Å². The molecule has 0 amide bonds. The van der Waals surface area contributed by atoms with E-state index in [1.165, 1.54) is 57.8 Å². The van der Waals surface area contributed by atoms with Gasteiger partial charge >= 0.3 is 27.6 Å². The van der Waals surface area contributed by atoms with Gasteiger partial charge < -0.3 is 34.6 Å². The van der Waals surface area contributed by atoms with Crippen molar-refractivity contribution in [2.24, 2.45) is 0 Å². The van der Waals surface area contributed by atoms with Crippen LogP contribution in [0.1, 0.15) is 142 Å². The SMILES string of the molecule is CC/C=C/C=C/C=C\C=C/CCCCCC(=O)OCC(O)COP(=O)(O)OCC(O)COP(=O)(O)OCC(O)COC(=O)CCCCCCCCCCCCCCC. The van der Waals surface area contributed by atoms with Gasteiger partial charge in [0, 0.05) is 12.8 Å². The van der Waals surface area contributed by atoms with Crippen LogP contribution in [0.25, 0.3) is 0 Å². The van der Waals surface area contributed by atoms with Gasteiger partial charge in [-0.2, -0.15) is 0 Å². The van der Waals surface area contributed by atoms with E-state index in [9.17, 15) is 43.8 Å². The topological polar surface area (TPSA) is 225 Å². The van der Waals surface area contributed by atoms with E-state index >= 15 is 0 Å². The second-order valence-corrected chi connectivity index (χ2v) is 17.0. The van der Waals surface area contributed by atoms with E-state index in [4.69, 9.17) is 9.47 Å². The molecule has 58 heavy (non-hydrogen) atoms. The molecule has 5 N–H and O–H groups in total. The predicted octanol–water partition coefficient (Wildman–Crippen LogP) is 8.49. The molecule has 0 aliphatic carbocycles. The Morgan fingerprint density at radius 1 is 0.466 bits per heavy atom. The van der Waals surface area contributed by atoms with Gasteiger partial charge in [0.15, 0.2) is 0 Å². The molecule has 0 aromatic heterocycles. The number of phosphoric ester groups is 2. The minimum absolute atomic E-state index is 0.149.